The number of fused-ring (bicyclic) bond motifs is 1. The number of pyridine rings is 1. The van der Waals surface area contributed by atoms with E-state index in [0.29, 0.717) is 38.8 Å². The van der Waals surface area contributed by atoms with E-state index in [0.717, 1.165) is 4.68 Å². The van der Waals surface area contributed by atoms with Gasteiger partial charge < -0.3 is 14.8 Å². The molecule has 4 rings (SSSR count). The lowest BCUT2D eigenvalue weighted by Crippen LogP contribution is -2.29. The normalized spacial score (nSPS) is 10.7. The lowest BCUT2D eigenvalue weighted by atomic mass is 10.1. The maximum atomic E-state index is 12.9. The van der Waals surface area contributed by atoms with Crippen molar-refractivity contribution in [1.29, 1.82) is 0 Å². The van der Waals surface area contributed by atoms with E-state index in [2.05, 4.69) is 20.4 Å². The van der Waals surface area contributed by atoms with Gasteiger partial charge in [0.2, 0.25) is 5.91 Å². The number of anilines is 1. The van der Waals surface area contributed by atoms with Gasteiger partial charge in [0.1, 0.15) is 12.2 Å². The van der Waals surface area contributed by atoms with E-state index in [-0.39, 0.29) is 6.54 Å². The van der Waals surface area contributed by atoms with E-state index in [4.69, 9.17) is 9.47 Å². The minimum atomic E-state index is -0.452. The van der Waals surface area contributed by atoms with Crippen LogP contribution in [0.5, 0.6) is 11.5 Å². The second-order valence-corrected chi connectivity index (χ2v) is 7.03. The first-order valence-electron chi connectivity index (χ1n) is 8.88. The molecule has 0 fully saturated rings. The molecule has 0 aliphatic carbocycles. The minimum absolute atomic E-state index is 0.270. The van der Waals surface area contributed by atoms with Crippen LogP contribution in [-0.4, -0.2) is 39.9 Å². The second kappa shape index (κ2) is 8.29. The Balaban J connectivity index is 1.57. The Morgan fingerprint density at radius 2 is 2.03 bits per heavy atom. The largest absolute Gasteiger partial charge is 0.493 e. The molecule has 9 nitrogen and oxygen atoms in total. The number of hydrogen-bond acceptors (Lipinski definition) is 8. The van der Waals surface area contributed by atoms with E-state index >= 15 is 0 Å². The van der Waals surface area contributed by atoms with E-state index in [9.17, 15) is 9.59 Å². The van der Waals surface area contributed by atoms with Gasteiger partial charge in [0.25, 0.3) is 5.56 Å². The van der Waals surface area contributed by atoms with Gasteiger partial charge in [0.05, 0.1) is 31.5 Å². The molecule has 3 heterocycles. The number of thiazole rings is 1. The van der Waals surface area contributed by atoms with Crippen molar-refractivity contribution in [1.82, 2.24) is 19.7 Å². The van der Waals surface area contributed by atoms with Crippen molar-refractivity contribution in [3.8, 4) is 22.9 Å². The molecule has 3 aromatic heterocycles. The van der Waals surface area contributed by atoms with Gasteiger partial charge >= 0.3 is 0 Å². The summed E-state index contributed by atoms with van der Waals surface area (Å²) in [4.78, 5) is 34.0. The first-order valence-corrected chi connectivity index (χ1v) is 9.76. The average Bonchev–Trinajstić information content (AvgIpc) is 3.23. The maximum Gasteiger partial charge on any atom is 0.279 e. The Kier molecular flexibility index (Phi) is 5.40. The van der Waals surface area contributed by atoms with Gasteiger partial charge in [-0.15, -0.1) is 11.3 Å². The summed E-state index contributed by atoms with van der Waals surface area (Å²) in [5.74, 6) is 0.304. The van der Waals surface area contributed by atoms with Crippen LogP contribution in [0, 0.1) is 0 Å². The highest BCUT2D eigenvalue weighted by Crippen LogP contribution is 2.32. The molecule has 0 unspecified atom stereocenters. The standard InChI is InChI=1S/C20H17N5O4S/c1-28-15-7-6-12-9-22-25(19(27)17(12)18(15)29-2)10-16(26)24-20-23-14(11-30-20)13-5-3-4-8-21-13/h3-9,11H,10H2,1-2H3,(H,23,24,26). The van der Waals surface area contributed by atoms with Crippen molar-refractivity contribution in [3.63, 3.8) is 0 Å². The van der Waals surface area contributed by atoms with Gasteiger partial charge in [-0.3, -0.25) is 14.6 Å². The van der Waals surface area contributed by atoms with Crippen LogP contribution in [0.1, 0.15) is 0 Å². The predicted molar refractivity (Wildman–Crippen MR) is 113 cm³/mol. The Hall–Kier alpha value is -3.79. The van der Waals surface area contributed by atoms with E-state index in [1.165, 1.54) is 31.8 Å². The molecule has 0 saturated heterocycles. The fourth-order valence-corrected chi connectivity index (χ4v) is 3.67. The van der Waals surface area contributed by atoms with Gasteiger partial charge in [0.15, 0.2) is 16.6 Å². The summed E-state index contributed by atoms with van der Waals surface area (Å²) in [5.41, 5.74) is 0.920. The van der Waals surface area contributed by atoms with Gasteiger partial charge in [0, 0.05) is 17.0 Å². The summed E-state index contributed by atoms with van der Waals surface area (Å²) in [6, 6.07) is 8.92. The minimum Gasteiger partial charge on any atom is -0.493 e. The molecular weight excluding hydrogens is 406 g/mol. The number of amides is 1. The molecule has 1 amide bonds. The van der Waals surface area contributed by atoms with Crippen LogP contribution in [0.2, 0.25) is 0 Å². The molecule has 0 atom stereocenters. The van der Waals surface area contributed by atoms with Crippen molar-refractivity contribution >= 4 is 33.1 Å². The van der Waals surface area contributed by atoms with E-state index < -0.39 is 11.5 Å². The van der Waals surface area contributed by atoms with Crippen LogP contribution >= 0.6 is 11.3 Å². The lowest BCUT2D eigenvalue weighted by molar-refractivity contribution is -0.117. The number of benzene rings is 1. The Labute approximate surface area is 174 Å². The summed E-state index contributed by atoms with van der Waals surface area (Å²) < 4.78 is 11.7. The highest BCUT2D eigenvalue weighted by Gasteiger charge is 2.16. The zero-order valence-electron chi connectivity index (χ0n) is 16.2. The molecule has 0 spiro atoms. The highest BCUT2D eigenvalue weighted by molar-refractivity contribution is 7.14. The topological polar surface area (TPSA) is 108 Å². The number of carbonyl (C=O) groups excluding carboxylic acids is 1. The number of ether oxygens (including phenoxy) is 2. The molecule has 0 saturated carbocycles. The third-order valence-electron chi connectivity index (χ3n) is 4.33. The van der Waals surface area contributed by atoms with Crippen molar-refractivity contribution in [3.05, 3.63) is 58.5 Å². The van der Waals surface area contributed by atoms with Gasteiger partial charge in [-0.05, 0) is 24.3 Å². The number of carbonyl (C=O) groups is 1. The quantitative estimate of drug-likeness (QED) is 0.508. The van der Waals surface area contributed by atoms with Crippen LogP contribution in [0.4, 0.5) is 5.13 Å². The summed E-state index contributed by atoms with van der Waals surface area (Å²) in [6.07, 6.45) is 3.18. The molecule has 0 aliphatic rings. The fourth-order valence-electron chi connectivity index (χ4n) is 2.95. The van der Waals surface area contributed by atoms with Crippen molar-refractivity contribution < 1.29 is 14.3 Å². The maximum absolute atomic E-state index is 12.9. The van der Waals surface area contributed by atoms with E-state index in [1.54, 1.807) is 23.7 Å². The Morgan fingerprint density at radius 3 is 2.77 bits per heavy atom. The molecule has 1 N–H and O–H groups in total. The first kappa shape index (κ1) is 19.5. The number of methoxy groups -OCH3 is 2. The predicted octanol–water partition coefficient (Wildman–Crippen LogP) is 2.57. The molecule has 0 bridgehead atoms. The number of hydrogen-bond donors (Lipinski definition) is 1. The van der Waals surface area contributed by atoms with E-state index in [1.807, 2.05) is 18.2 Å². The summed E-state index contributed by atoms with van der Waals surface area (Å²) in [5, 5.41) is 9.89. The summed E-state index contributed by atoms with van der Waals surface area (Å²) >= 11 is 1.27. The number of rotatable bonds is 6. The third-order valence-corrected chi connectivity index (χ3v) is 5.09. The van der Waals surface area contributed by atoms with Crippen molar-refractivity contribution in [2.75, 3.05) is 19.5 Å². The zero-order valence-corrected chi connectivity index (χ0v) is 17.0. The molecule has 152 valence electrons. The van der Waals surface area contributed by atoms with Crippen molar-refractivity contribution in [2.45, 2.75) is 6.54 Å². The second-order valence-electron chi connectivity index (χ2n) is 6.17. The van der Waals surface area contributed by atoms with Crippen LogP contribution < -0.4 is 20.3 Å². The van der Waals surface area contributed by atoms with Gasteiger partial charge in [-0.25, -0.2) is 9.67 Å². The molecule has 10 heteroatoms. The molecule has 30 heavy (non-hydrogen) atoms. The summed E-state index contributed by atoms with van der Waals surface area (Å²) in [7, 11) is 2.94. The number of nitrogens with zero attached hydrogens (tertiary/aromatic N) is 4. The SMILES string of the molecule is COc1ccc2cnn(CC(=O)Nc3nc(-c4ccccn4)cs3)c(=O)c2c1OC. The molecular formula is C20H17N5O4S. The molecule has 1 aromatic carbocycles. The van der Waals surface area contributed by atoms with Gasteiger partial charge in [-0.2, -0.15) is 5.10 Å². The van der Waals surface area contributed by atoms with Crippen LogP contribution in [0.25, 0.3) is 22.2 Å². The molecule has 0 radical (unpaired) electrons. The van der Waals surface area contributed by atoms with Gasteiger partial charge in [-0.1, -0.05) is 6.07 Å². The van der Waals surface area contributed by atoms with Crippen LogP contribution in [-0.2, 0) is 11.3 Å². The molecule has 4 aromatic rings. The smallest absolute Gasteiger partial charge is 0.279 e. The zero-order chi connectivity index (χ0) is 21.1. The summed E-state index contributed by atoms with van der Waals surface area (Å²) in [6.45, 7) is -0.270. The van der Waals surface area contributed by atoms with Crippen LogP contribution in [0.15, 0.2) is 52.9 Å². The average molecular weight is 423 g/mol. The number of aromatic nitrogens is 4. The highest BCUT2D eigenvalue weighted by atomic mass is 32.1. The fraction of sp³-hybridized carbons (Fsp3) is 0.150. The van der Waals surface area contributed by atoms with Crippen LogP contribution in [0.3, 0.4) is 0 Å². The monoisotopic (exact) mass is 423 g/mol. The molecule has 0 aliphatic heterocycles. The Bertz CT molecular complexity index is 1270. The lowest BCUT2D eigenvalue weighted by Gasteiger charge is -2.11. The van der Waals surface area contributed by atoms with Crippen molar-refractivity contribution in [2.24, 2.45) is 0 Å². The number of nitrogens with one attached hydrogen (secondary N) is 1. The Morgan fingerprint density at radius 1 is 1.17 bits per heavy atom. The third kappa shape index (κ3) is 3.72. The first-order chi connectivity index (χ1) is 14.6.